The summed E-state index contributed by atoms with van der Waals surface area (Å²) in [6.45, 7) is 1.82. The van der Waals surface area contributed by atoms with Gasteiger partial charge in [0.15, 0.2) is 0 Å². The molecule has 15 heavy (non-hydrogen) atoms. The number of nitrogens with zero attached hydrogens (tertiary/aromatic N) is 2. The Morgan fingerprint density at radius 1 is 1.67 bits per heavy atom. The van der Waals surface area contributed by atoms with Crippen LogP contribution in [0.2, 0.25) is 0 Å². The van der Waals surface area contributed by atoms with Crippen molar-refractivity contribution < 1.29 is 9.47 Å². The van der Waals surface area contributed by atoms with Gasteiger partial charge in [-0.3, -0.25) is 10.5 Å². The number of hydrazine groups is 1. The molecule has 6 heteroatoms. The van der Waals surface area contributed by atoms with E-state index < -0.39 is 0 Å². The number of aryl methyl sites for hydroxylation is 1. The van der Waals surface area contributed by atoms with Gasteiger partial charge in [0.1, 0.15) is 6.10 Å². The number of hydrogen-bond donors (Lipinski definition) is 2. The first kappa shape index (κ1) is 10.6. The zero-order valence-electron chi connectivity index (χ0n) is 8.72. The Morgan fingerprint density at radius 2 is 2.53 bits per heavy atom. The Kier molecular flexibility index (Phi) is 3.32. The minimum Gasteiger partial charge on any atom is -0.376 e. The molecule has 0 aromatic carbocycles. The van der Waals surface area contributed by atoms with Crippen molar-refractivity contribution in [1.29, 1.82) is 0 Å². The highest BCUT2D eigenvalue weighted by atomic mass is 16.6. The van der Waals surface area contributed by atoms with Crippen molar-refractivity contribution >= 4 is 0 Å². The Balaban J connectivity index is 2.12. The highest BCUT2D eigenvalue weighted by Gasteiger charge is 2.27. The van der Waals surface area contributed by atoms with Gasteiger partial charge in [-0.2, -0.15) is 5.10 Å². The van der Waals surface area contributed by atoms with Gasteiger partial charge in [-0.05, 0) is 6.07 Å². The van der Waals surface area contributed by atoms with E-state index >= 15 is 0 Å². The maximum Gasteiger partial charge on any atom is 0.103 e. The molecule has 6 nitrogen and oxygen atoms in total. The van der Waals surface area contributed by atoms with Crippen molar-refractivity contribution in [2.75, 3.05) is 19.8 Å². The molecule has 2 atom stereocenters. The Morgan fingerprint density at radius 3 is 3.07 bits per heavy atom. The summed E-state index contributed by atoms with van der Waals surface area (Å²) < 4.78 is 12.7. The van der Waals surface area contributed by atoms with Crippen LogP contribution in [0.5, 0.6) is 0 Å². The first-order chi connectivity index (χ1) is 7.33. The second-order valence-electron chi connectivity index (χ2n) is 3.51. The maximum atomic E-state index is 5.60. The van der Waals surface area contributed by atoms with E-state index in [1.165, 1.54) is 0 Å². The summed E-state index contributed by atoms with van der Waals surface area (Å²) in [4.78, 5) is 0. The lowest BCUT2D eigenvalue weighted by atomic mass is 10.1. The van der Waals surface area contributed by atoms with E-state index in [-0.39, 0.29) is 12.1 Å². The summed E-state index contributed by atoms with van der Waals surface area (Å²) in [5.41, 5.74) is 3.74. The van der Waals surface area contributed by atoms with Gasteiger partial charge in [0.25, 0.3) is 0 Å². The van der Waals surface area contributed by atoms with Crippen LogP contribution in [-0.2, 0) is 16.5 Å². The van der Waals surface area contributed by atoms with Crippen molar-refractivity contribution in [3.05, 3.63) is 18.0 Å². The van der Waals surface area contributed by atoms with Crippen molar-refractivity contribution in [2.24, 2.45) is 12.9 Å². The van der Waals surface area contributed by atoms with Crippen LogP contribution in [0.4, 0.5) is 0 Å². The van der Waals surface area contributed by atoms with Gasteiger partial charge < -0.3 is 9.47 Å². The molecule has 2 rings (SSSR count). The number of rotatable bonds is 3. The summed E-state index contributed by atoms with van der Waals surface area (Å²) in [6, 6.07) is 1.83. The molecule has 1 aliphatic heterocycles. The molecule has 2 unspecified atom stereocenters. The molecule has 84 valence electrons. The molecular formula is C9H16N4O2. The maximum absolute atomic E-state index is 5.60. The molecule has 1 aliphatic rings. The molecule has 1 saturated heterocycles. The Bertz CT molecular complexity index is 309. The quantitative estimate of drug-likeness (QED) is 0.514. The third-order valence-electron chi connectivity index (χ3n) is 2.57. The molecule has 3 N–H and O–H groups in total. The predicted octanol–water partition coefficient (Wildman–Crippen LogP) is -0.660. The number of hydrogen-bond acceptors (Lipinski definition) is 5. The van der Waals surface area contributed by atoms with Crippen molar-refractivity contribution in [3.63, 3.8) is 0 Å². The minimum absolute atomic E-state index is 0.0563. The van der Waals surface area contributed by atoms with Gasteiger partial charge in [0, 0.05) is 13.2 Å². The zero-order chi connectivity index (χ0) is 10.7. The Labute approximate surface area is 88.3 Å². The average molecular weight is 212 g/mol. The van der Waals surface area contributed by atoms with Crippen LogP contribution in [0.3, 0.4) is 0 Å². The zero-order valence-corrected chi connectivity index (χ0v) is 8.72. The highest BCUT2D eigenvalue weighted by molar-refractivity contribution is 5.08. The van der Waals surface area contributed by atoms with E-state index in [1.807, 2.05) is 13.1 Å². The van der Waals surface area contributed by atoms with Gasteiger partial charge >= 0.3 is 0 Å². The number of ether oxygens (including phenoxy) is 2. The van der Waals surface area contributed by atoms with Crippen molar-refractivity contribution in [2.45, 2.75) is 12.1 Å². The molecule has 0 amide bonds. The topological polar surface area (TPSA) is 74.3 Å². The number of nitrogens with one attached hydrogen (secondary N) is 1. The van der Waals surface area contributed by atoms with E-state index in [9.17, 15) is 0 Å². The van der Waals surface area contributed by atoms with E-state index in [0.29, 0.717) is 19.8 Å². The molecule has 1 aromatic rings. The van der Waals surface area contributed by atoms with E-state index in [0.717, 1.165) is 5.69 Å². The molecule has 0 spiro atoms. The molecular weight excluding hydrogens is 196 g/mol. The van der Waals surface area contributed by atoms with Crippen LogP contribution >= 0.6 is 0 Å². The molecule has 2 heterocycles. The summed E-state index contributed by atoms with van der Waals surface area (Å²) in [5, 5.41) is 4.11. The van der Waals surface area contributed by atoms with Crippen LogP contribution in [0.15, 0.2) is 12.3 Å². The lowest BCUT2D eigenvalue weighted by Gasteiger charge is -2.29. The van der Waals surface area contributed by atoms with Crippen LogP contribution in [-0.4, -0.2) is 35.7 Å². The first-order valence-electron chi connectivity index (χ1n) is 4.96. The molecule has 0 bridgehead atoms. The number of aromatic nitrogens is 2. The fourth-order valence-electron chi connectivity index (χ4n) is 1.77. The third kappa shape index (κ3) is 2.18. The van der Waals surface area contributed by atoms with Gasteiger partial charge in [-0.15, -0.1) is 0 Å². The number of nitrogens with two attached hydrogens (primary N) is 1. The van der Waals surface area contributed by atoms with E-state index in [2.05, 4.69) is 10.5 Å². The second kappa shape index (κ2) is 4.71. The Hall–Kier alpha value is -0.950. The van der Waals surface area contributed by atoms with Crippen molar-refractivity contribution in [3.8, 4) is 0 Å². The van der Waals surface area contributed by atoms with Crippen LogP contribution in [0.1, 0.15) is 11.7 Å². The van der Waals surface area contributed by atoms with E-state index in [1.54, 1.807) is 10.9 Å². The summed E-state index contributed by atoms with van der Waals surface area (Å²) in [7, 11) is 1.88. The molecule has 1 aromatic heterocycles. The first-order valence-corrected chi connectivity index (χ1v) is 4.96. The standard InChI is InChI=1S/C9H16N4O2/c1-13-7(2-3-11-13)9(12-10)8-6-14-4-5-15-8/h2-3,8-9,12H,4-6,10H2,1H3. The predicted molar refractivity (Wildman–Crippen MR) is 53.8 cm³/mol. The normalized spacial score (nSPS) is 24.0. The smallest absolute Gasteiger partial charge is 0.103 e. The SMILES string of the molecule is Cn1nccc1C(NN)C1COCCO1. The largest absolute Gasteiger partial charge is 0.376 e. The van der Waals surface area contributed by atoms with Crippen molar-refractivity contribution in [1.82, 2.24) is 15.2 Å². The molecule has 0 saturated carbocycles. The summed E-state index contributed by atoms with van der Waals surface area (Å²) >= 11 is 0. The average Bonchev–Trinajstić information content (AvgIpc) is 2.68. The van der Waals surface area contributed by atoms with Gasteiger partial charge in [-0.25, -0.2) is 5.43 Å². The third-order valence-corrected chi connectivity index (χ3v) is 2.57. The highest BCUT2D eigenvalue weighted by Crippen LogP contribution is 2.19. The van der Waals surface area contributed by atoms with E-state index in [4.69, 9.17) is 15.3 Å². The summed E-state index contributed by atoms with van der Waals surface area (Å²) in [6.07, 6.45) is 1.68. The van der Waals surface area contributed by atoms with Crippen LogP contribution in [0.25, 0.3) is 0 Å². The minimum atomic E-state index is -0.0854. The monoisotopic (exact) mass is 212 g/mol. The van der Waals surface area contributed by atoms with Gasteiger partial charge in [0.05, 0.1) is 31.6 Å². The fourth-order valence-corrected chi connectivity index (χ4v) is 1.77. The molecule has 0 radical (unpaired) electrons. The molecule has 0 aliphatic carbocycles. The second-order valence-corrected chi connectivity index (χ2v) is 3.51. The van der Waals surface area contributed by atoms with Gasteiger partial charge in [0.2, 0.25) is 0 Å². The lowest BCUT2D eigenvalue weighted by Crippen LogP contribution is -2.44. The summed E-state index contributed by atoms with van der Waals surface area (Å²) in [5.74, 6) is 5.54. The van der Waals surface area contributed by atoms with Crippen LogP contribution in [0, 0.1) is 0 Å². The lowest BCUT2D eigenvalue weighted by molar-refractivity contribution is -0.103. The van der Waals surface area contributed by atoms with Gasteiger partial charge in [-0.1, -0.05) is 0 Å². The van der Waals surface area contributed by atoms with Crippen LogP contribution < -0.4 is 11.3 Å². The fraction of sp³-hybridized carbons (Fsp3) is 0.667. The molecule has 1 fully saturated rings.